The molecule has 0 radical (unpaired) electrons. The summed E-state index contributed by atoms with van der Waals surface area (Å²) in [6, 6.07) is 12.1. The number of carbonyl (C=O) groups excluding carboxylic acids is 6. The van der Waals surface area contributed by atoms with Crippen LogP contribution in [-0.4, -0.2) is 141 Å². The quantitative estimate of drug-likeness (QED) is 0.0132. The summed E-state index contributed by atoms with van der Waals surface area (Å²) in [5, 5.41) is 5.00. The van der Waals surface area contributed by atoms with Crippen LogP contribution in [-0.2, 0) is 57.2 Å². The Bertz CT molecular complexity index is 2570. The van der Waals surface area contributed by atoms with Crippen molar-refractivity contribution in [3.05, 3.63) is 36.4 Å². The molecule has 4 rings (SSSR count). The second kappa shape index (κ2) is 41.2. The van der Waals surface area contributed by atoms with Gasteiger partial charge in [-0.05, 0) is 267 Å². The first-order valence-electron chi connectivity index (χ1n) is 33.5. The zero-order valence-corrected chi connectivity index (χ0v) is 67.8. The maximum atomic E-state index is 12.5. The first kappa shape index (κ1) is 84.6. The average Bonchev–Trinajstić information content (AvgIpc) is 0.727. The predicted molar refractivity (Wildman–Crippen MR) is 399 cm³/mol. The van der Waals surface area contributed by atoms with Crippen LogP contribution >= 0.6 is 95.6 Å². The van der Waals surface area contributed by atoms with Gasteiger partial charge < -0.3 is 56.8 Å². The molecule has 0 unspecified atom stereocenters. The highest BCUT2D eigenvalue weighted by Crippen LogP contribution is 2.48. The topological polar surface area (TPSA) is 213 Å². The summed E-state index contributed by atoms with van der Waals surface area (Å²) in [5.41, 5.74) is 0. The summed E-state index contributed by atoms with van der Waals surface area (Å²) >= 11 is 20.3. The highest BCUT2D eigenvalue weighted by Gasteiger charge is 2.30. The molecule has 96 heavy (non-hydrogen) atoms. The fourth-order valence-corrected chi connectivity index (χ4v) is 9.78. The molecule has 18 nitrogen and oxygen atoms in total. The SMILES string of the molecule is CC(C)(Br)C(=O)OCCCCCOc1cc2c3cc(OCCCCCOC(=O)C(C)(C)Br)c(OCCCCCOC(=O)C(C)(C)Br)cc3c3cc(OCCCCCOC(=O)C(C)(C)Br)c(OCCCCCOC(=O)C(C)(C)Br)cc3c2cc1OCCCCCOC(=O)C(C)(C)Br. The van der Waals surface area contributed by atoms with Gasteiger partial charge in [-0.3, -0.25) is 28.8 Å². The Labute approximate surface area is 619 Å². The Hall–Kier alpha value is -3.84. The van der Waals surface area contributed by atoms with E-state index in [2.05, 4.69) is 95.6 Å². The largest absolute Gasteiger partial charge is 0.490 e. The molecule has 0 bridgehead atoms. The molecule has 4 aromatic carbocycles. The van der Waals surface area contributed by atoms with E-state index in [0.717, 1.165) is 70.8 Å². The highest BCUT2D eigenvalue weighted by atomic mass is 79.9. The summed E-state index contributed by atoms with van der Waals surface area (Å²) in [4.78, 5) is 74.8. The second-order valence-corrected chi connectivity index (χ2v) is 38.5. The van der Waals surface area contributed by atoms with Crippen LogP contribution in [0.2, 0.25) is 0 Å². The number of alkyl halides is 6. The number of rotatable bonds is 48. The third-order valence-corrected chi connectivity index (χ3v) is 16.7. The third-order valence-electron chi connectivity index (χ3n) is 14.7. The van der Waals surface area contributed by atoms with Crippen LogP contribution in [0.15, 0.2) is 36.4 Å². The van der Waals surface area contributed by atoms with Crippen molar-refractivity contribution in [2.45, 2.75) is 225 Å². The van der Waals surface area contributed by atoms with Gasteiger partial charge in [-0.25, -0.2) is 0 Å². The number of esters is 6. The third kappa shape index (κ3) is 31.0. The number of hydrogen-bond acceptors (Lipinski definition) is 18. The lowest BCUT2D eigenvalue weighted by atomic mass is 9.93. The van der Waals surface area contributed by atoms with E-state index >= 15 is 0 Å². The van der Waals surface area contributed by atoms with Crippen LogP contribution in [0.4, 0.5) is 0 Å². The minimum atomic E-state index is -0.785. The van der Waals surface area contributed by atoms with Crippen LogP contribution in [0.3, 0.4) is 0 Å². The molecule has 0 saturated heterocycles. The Morgan fingerprint density at radius 3 is 0.448 bits per heavy atom. The summed E-state index contributed by atoms with van der Waals surface area (Å²) in [7, 11) is 0. The zero-order chi connectivity index (χ0) is 71.3. The molecule has 0 heterocycles. The van der Waals surface area contributed by atoms with Gasteiger partial charge >= 0.3 is 35.8 Å². The van der Waals surface area contributed by atoms with E-state index in [1.165, 1.54) is 0 Å². The van der Waals surface area contributed by atoms with E-state index in [9.17, 15) is 28.8 Å². The standard InChI is InChI=1S/C72H102Br6O18/c1-67(2,73)61(79)91-37-25-13-19-31-85-55-43-49-50(44-56(55)86-32-20-14-26-38-92-62(80)68(3,4)74)52-46-58(88-34-22-16-28-40-94-64(82)70(7,8)76)60(90-36-24-18-30-42-96-66(84)72(11,12)78)48-54(52)53-47-59(89-35-23-17-29-41-95-65(83)71(9,10)77)57(45-51(49)53)87-33-21-15-27-39-93-63(81)69(5,6)75/h43-48H,13-42H2,1-12H3. The van der Waals surface area contributed by atoms with Crippen LogP contribution in [0.5, 0.6) is 34.5 Å². The van der Waals surface area contributed by atoms with Crippen LogP contribution < -0.4 is 28.4 Å². The van der Waals surface area contributed by atoms with Gasteiger partial charge in [0.05, 0.1) is 79.3 Å². The minimum Gasteiger partial charge on any atom is -0.490 e. The minimum absolute atomic E-state index is 0.278. The molecule has 0 fully saturated rings. The molecule has 0 aliphatic carbocycles. The van der Waals surface area contributed by atoms with Crippen molar-refractivity contribution in [2.75, 3.05) is 79.3 Å². The number of hydrogen-bond donors (Lipinski definition) is 0. The number of fused-ring (bicyclic) bond motifs is 6. The molecule has 4 aromatic rings. The second-order valence-electron chi connectivity index (χ2n) is 26.6. The maximum absolute atomic E-state index is 12.5. The Morgan fingerprint density at radius 2 is 0.333 bits per heavy atom. The van der Waals surface area contributed by atoms with Gasteiger partial charge in [-0.1, -0.05) is 95.6 Å². The lowest BCUT2D eigenvalue weighted by molar-refractivity contribution is -0.146. The first-order valence-corrected chi connectivity index (χ1v) is 38.2. The summed E-state index contributed by atoms with van der Waals surface area (Å²) < 4.78 is 68.6. The fourth-order valence-electron chi connectivity index (χ4n) is 9.09. The van der Waals surface area contributed by atoms with E-state index in [1.807, 2.05) is 36.4 Å². The van der Waals surface area contributed by atoms with Gasteiger partial charge in [-0.2, -0.15) is 0 Å². The van der Waals surface area contributed by atoms with Crippen molar-refractivity contribution in [2.24, 2.45) is 0 Å². The fraction of sp³-hybridized carbons (Fsp3) is 0.667. The smallest absolute Gasteiger partial charge is 0.322 e. The highest BCUT2D eigenvalue weighted by molar-refractivity contribution is 9.11. The molecule has 0 aliphatic rings. The Balaban J connectivity index is 1.89. The molecule has 0 aromatic heterocycles. The summed E-state index contributed by atoms with van der Waals surface area (Å²) in [6.07, 6.45) is 12.3. The monoisotopic (exact) mass is 1730 g/mol. The molecule has 0 N–H and O–H groups in total. The van der Waals surface area contributed by atoms with Crippen molar-refractivity contribution >= 4 is 164 Å². The number of unbranched alkanes of at least 4 members (excludes halogenated alkanes) is 12. The maximum Gasteiger partial charge on any atom is 0.322 e. The molecular formula is C72H102Br6O18. The van der Waals surface area contributed by atoms with Crippen molar-refractivity contribution in [3.8, 4) is 34.5 Å². The van der Waals surface area contributed by atoms with Crippen LogP contribution in [0.25, 0.3) is 32.3 Å². The molecular weight excluding hydrogens is 1630 g/mol. The van der Waals surface area contributed by atoms with E-state index < -0.39 is 25.9 Å². The van der Waals surface area contributed by atoms with Gasteiger partial charge in [0.1, 0.15) is 25.9 Å². The molecule has 0 atom stereocenters. The number of benzene rings is 4. The normalized spacial score (nSPS) is 12.3. The van der Waals surface area contributed by atoms with Gasteiger partial charge in [-0.15, -0.1) is 0 Å². The Kier molecular flexibility index (Phi) is 36.3. The molecule has 540 valence electrons. The molecule has 0 amide bonds. The number of halogens is 6. The molecule has 0 spiro atoms. The average molecular weight is 1740 g/mol. The van der Waals surface area contributed by atoms with Crippen molar-refractivity contribution in [1.82, 2.24) is 0 Å². The lowest BCUT2D eigenvalue weighted by Gasteiger charge is -2.21. The van der Waals surface area contributed by atoms with Gasteiger partial charge in [0.15, 0.2) is 34.5 Å². The zero-order valence-electron chi connectivity index (χ0n) is 58.3. The number of ether oxygens (including phenoxy) is 12. The summed E-state index contributed by atoms with van der Waals surface area (Å²) in [5.74, 6) is 1.16. The molecule has 0 aliphatic heterocycles. The van der Waals surface area contributed by atoms with Crippen molar-refractivity contribution < 1.29 is 85.6 Å². The van der Waals surface area contributed by atoms with Gasteiger partial charge in [0.2, 0.25) is 0 Å². The summed E-state index contributed by atoms with van der Waals surface area (Å²) in [6.45, 7) is 24.7. The lowest BCUT2D eigenvalue weighted by Crippen LogP contribution is -2.26. The van der Waals surface area contributed by atoms with E-state index in [-0.39, 0.29) is 75.5 Å². The number of carbonyl (C=O) groups is 6. The molecule has 0 saturated carbocycles. The van der Waals surface area contributed by atoms with E-state index in [4.69, 9.17) is 56.8 Å². The van der Waals surface area contributed by atoms with E-state index in [0.29, 0.717) is 151 Å². The van der Waals surface area contributed by atoms with Crippen LogP contribution in [0.1, 0.15) is 199 Å². The Morgan fingerprint density at radius 1 is 0.219 bits per heavy atom. The van der Waals surface area contributed by atoms with Gasteiger partial charge in [0, 0.05) is 0 Å². The van der Waals surface area contributed by atoms with Crippen molar-refractivity contribution in [3.63, 3.8) is 0 Å². The predicted octanol–water partition coefficient (Wildman–Crippen LogP) is 18.7. The van der Waals surface area contributed by atoms with Gasteiger partial charge in [0.25, 0.3) is 0 Å². The molecule has 24 heteroatoms. The van der Waals surface area contributed by atoms with E-state index in [1.54, 1.807) is 83.1 Å². The van der Waals surface area contributed by atoms with Crippen LogP contribution in [0, 0.1) is 0 Å². The first-order chi connectivity index (χ1) is 45.0. The van der Waals surface area contributed by atoms with Crippen molar-refractivity contribution in [1.29, 1.82) is 0 Å².